The first kappa shape index (κ1) is 11.9. The maximum absolute atomic E-state index is 10.6. The fourth-order valence-electron chi connectivity index (χ4n) is 2.81. The zero-order valence-corrected chi connectivity index (χ0v) is 10.3. The second-order valence-electron chi connectivity index (χ2n) is 4.84. The van der Waals surface area contributed by atoms with Gasteiger partial charge in [-0.15, -0.1) is 0 Å². The van der Waals surface area contributed by atoms with Crippen LogP contribution in [-0.2, 0) is 4.79 Å². The van der Waals surface area contributed by atoms with E-state index in [2.05, 4.69) is 16.7 Å². The summed E-state index contributed by atoms with van der Waals surface area (Å²) in [5.74, 6) is 0. The number of rotatable bonds is 3. The number of hydrogen-bond acceptors (Lipinski definition) is 3. The van der Waals surface area contributed by atoms with Gasteiger partial charge in [0.15, 0.2) is 0 Å². The average Bonchev–Trinajstić information content (AvgIpc) is 2.39. The summed E-state index contributed by atoms with van der Waals surface area (Å²) in [6.45, 7) is 9.87. The van der Waals surface area contributed by atoms with Gasteiger partial charge in [-0.2, -0.15) is 0 Å². The van der Waals surface area contributed by atoms with Crippen molar-refractivity contribution in [2.45, 2.75) is 25.8 Å². The number of carbonyl (C=O) groups excluding carboxylic acids is 1. The molecule has 0 aromatic rings. The molecule has 4 heteroatoms. The Bertz CT molecular complexity index is 218. The normalized spacial score (nSPS) is 25.9. The zero-order chi connectivity index (χ0) is 11.4. The molecule has 0 N–H and O–H groups in total. The molecule has 4 nitrogen and oxygen atoms in total. The fourth-order valence-corrected chi connectivity index (χ4v) is 2.81. The molecule has 0 spiro atoms. The summed E-state index contributed by atoms with van der Waals surface area (Å²) in [7, 11) is 0. The molecule has 2 saturated heterocycles. The summed E-state index contributed by atoms with van der Waals surface area (Å²) >= 11 is 0. The molecule has 0 saturated carbocycles. The minimum Gasteiger partial charge on any atom is -0.343 e. The molecule has 2 aliphatic rings. The highest BCUT2D eigenvalue weighted by molar-refractivity contribution is 5.47. The molecule has 2 heterocycles. The van der Waals surface area contributed by atoms with E-state index in [9.17, 15) is 4.79 Å². The first-order valence-electron chi connectivity index (χ1n) is 6.49. The maximum Gasteiger partial charge on any atom is 0.209 e. The van der Waals surface area contributed by atoms with Crippen molar-refractivity contribution in [2.24, 2.45) is 0 Å². The molecule has 2 rings (SSSR count). The van der Waals surface area contributed by atoms with Crippen LogP contribution in [-0.4, -0.2) is 73.0 Å². The van der Waals surface area contributed by atoms with Gasteiger partial charge in [-0.05, 0) is 32.5 Å². The van der Waals surface area contributed by atoms with Crippen LogP contribution >= 0.6 is 0 Å². The van der Waals surface area contributed by atoms with E-state index in [1.165, 1.54) is 32.5 Å². The molecule has 92 valence electrons. The molecule has 0 aliphatic carbocycles. The summed E-state index contributed by atoms with van der Waals surface area (Å²) in [5, 5.41) is 0. The molecule has 16 heavy (non-hydrogen) atoms. The average molecular weight is 225 g/mol. The quantitative estimate of drug-likeness (QED) is 0.644. The van der Waals surface area contributed by atoms with Gasteiger partial charge in [0.2, 0.25) is 6.41 Å². The monoisotopic (exact) mass is 225 g/mol. The van der Waals surface area contributed by atoms with Gasteiger partial charge in [-0.25, -0.2) is 0 Å². The highest BCUT2D eigenvalue weighted by atomic mass is 16.1. The molecule has 1 amide bonds. The number of piperidine rings is 1. The summed E-state index contributed by atoms with van der Waals surface area (Å²) in [4.78, 5) is 17.6. The third kappa shape index (κ3) is 2.74. The van der Waals surface area contributed by atoms with E-state index in [0.29, 0.717) is 0 Å². The van der Waals surface area contributed by atoms with Crippen molar-refractivity contribution in [3.63, 3.8) is 0 Å². The van der Waals surface area contributed by atoms with Crippen LogP contribution in [0.15, 0.2) is 0 Å². The van der Waals surface area contributed by atoms with Crippen LogP contribution in [0.4, 0.5) is 0 Å². The minimum atomic E-state index is 0.761. The van der Waals surface area contributed by atoms with E-state index in [4.69, 9.17) is 0 Å². The van der Waals surface area contributed by atoms with E-state index in [1.54, 1.807) is 0 Å². The van der Waals surface area contributed by atoms with Crippen LogP contribution in [0, 0.1) is 0 Å². The molecule has 2 fully saturated rings. The van der Waals surface area contributed by atoms with Crippen LogP contribution in [0.1, 0.15) is 19.8 Å². The molecular formula is C12H23N3O. The minimum absolute atomic E-state index is 0.761. The predicted octanol–water partition coefficient (Wildman–Crippen LogP) is 0.245. The summed E-state index contributed by atoms with van der Waals surface area (Å²) in [6, 6.07) is 0.761. The van der Waals surface area contributed by atoms with E-state index < -0.39 is 0 Å². The zero-order valence-electron chi connectivity index (χ0n) is 10.3. The fraction of sp³-hybridized carbons (Fsp3) is 0.917. The number of nitrogens with zero attached hydrogens (tertiary/aromatic N) is 3. The van der Waals surface area contributed by atoms with Gasteiger partial charge in [0.25, 0.3) is 0 Å². The van der Waals surface area contributed by atoms with Crippen LogP contribution < -0.4 is 0 Å². The SMILES string of the molecule is CCN1CCC(N2CCN(C=O)CC2)CC1. The maximum atomic E-state index is 10.6. The molecular weight excluding hydrogens is 202 g/mol. The van der Waals surface area contributed by atoms with Crippen molar-refractivity contribution in [1.82, 2.24) is 14.7 Å². The van der Waals surface area contributed by atoms with Crippen LogP contribution in [0.25, 0.3) is 0 Å². The van der Waals surface area contributed by atoms with Crippen molar-refractivity contribution < 1.29 is 4.79 Å². The molecule has 2 aliphatic heterocycles. The first-order valence-corrected chi connectivity index (χ1v) is 6.49. The van der Waals surface area contributed by atoms with E-state index in [-0.39, 0.29) is 0 Å². The third-order valence-corrected chi connectivity index (χ3v) is 4.02. The van der Waals surface area contributed by atoms with Gasteiger partial charge < -0.3 is 9.80 Å². The topological polar surface area (TPSA) is 26.8 Å². The Morgan fingerprint density at radius 1 is 1.06 bits per heavy atom. The Morgan fingerprint density at radius 3 is 2.19 bits per heavy atom. The van der Waals surface area contributed by atoms with Gasteiger partial charge in [-0.3, -0.25) is 9.69 Å². The number of amides is 1. The van der Waals surface area contributed by atoms with Gasteiger partial charge in [0.05, 0.1) is 0 Å². The van der Waals surface area contributed by atoms with Crippen molar-refractivity contribution in [3.05, 3.63) is 0 Å². The molecule has 0 atom stereocenters. The molecule has 0 unspecified atom stereocenters. The van der Waals surface area contributed by atoms with Crippen LogP contribution in [0.5, 0.6) is 0 Å². The van der Waals surface area contributed by atoms with E-state index in [1.807, 2.05) is 4.90 Å². The number of likely N-dealkylation sites (tertiary alicyclic amines) is 1. The smallest absolute Gasteiger partial charge is 0.209 e. The van der Waals surface area contributed by atoms with Gasteiger partial charge in [0.1, 0.15) is 0 Å². The van der Waals surface area contributed by atoms with Gasteiger partial charge in [0, 0.05) is 32.2 Å². The van der Waals surface area contributed by atoms with Crippen LogP contribution in [0.2, 0.25) is 0 Å². The Kier molecular flexibility index (Phi) is 4.18. The van der Waals surface area contributed by atoms with Crippen LogP contribution in [0.3, 0.4) is 0 Å². The lowest BCUT2D eigenvalue weighted by Gasteiger charge is -2.41. The second-order valence-corrected chi connectivity index (χ2v) is 4.84. The van der Waals surface area contributed by atoms with Crippen molar-refractivity contribution in [3.8, 4) is 0 Å². The largest absolute Gasteiger partial charge is 0.343 e. The molecule has 0 bridgehead atoms. The van der Waals surface area contributed by atoms with Gasteiger partial charge >= 0.3 is 0 Å². The highest BCUT2D eigenvalue weighted by Crippen LogP contribution is 2.17. The Balaban J connectivity index is 1.75. The second kappa shape index (κ2) is 5.64. The predicted molar refractivity (Wildman–Crippen MR) is 64.3 cm³/mol. The van der Waals surface area contributed by atoms with E-state index >= 15 is 0 Å². The van der Waals surface area contributed by atoms with Gasteiger partial charge in [-0.1, -0.05) is 6.92 Å². The summed E-state index contributed by atoms with van der Waals surface area (Å²) < 4.78 is 0. The number of piperazine rings is 1. The third-order valence-electron chi connectivity index (χ3n) is 4.02. The summed E-state index contributed by atoms with van der Waals surface area (Å²) in [5.41, 5.74) is 0. The number of carbonyl (C=O) groups is 1. The highest BCUT2D eigenvalue weighted by Gasteiger charge is 2.26. The van der Waals surface area contributed by atoms with Crippen molar-refractivity contribution >= 4 is 6.41 Å². The lowest BCUT2D eigenvalue weighted by molar-refractivity contribution is -0.120. The Morgan fingerprint density at radius 2 is 1.69 bits per heavy atom. The Labute approximate surface area is 98.2 Å². The lowest BCUT2D eigenvalue weighted by Crippen LogP contribution is -2.52. The Hall–Kier alpha value is -0.610. The van der Waals surface area contributed by atoms with E-state index in [0.717, 1.165) is 38.6 Å². The van der Waals surface area contributed by atoms with Crippen molar-refractivity contribution in [1.29, 1.82) is 0 Å². The summed E-state index contributed by atoms with van der Waals surface area (Å²) in [6.07, 6.45) is 3.58. The number of hydrogen-bond donors (Lipinski definition) is 0. The molecule has 0 radical (unpaired) electrons. The van der Waals surface area contributed by atoms with Crippen molar-refractivity contribution in [2.75, 3.05) is 45.8 Å². The lowest BCUT2D eigenvalue weighted by atomic mass is 10.0. The first-order chi connectivity index (χ1) is 7.83. The standard InChI is InChI=1S/C12H23N3O/c1-2-13-5-3-12(4-6-13)15-9-7-14(11-16)8-10-15/h11-12H,2-10H2,1H3. The molecule has 0 aromatic carbocycles. The molecule has 0 aromatic heterocycles.